The molecule has 0 fully saturated rings. The van der Waals surface area contributed by atoms with Gasteiger partial charge in [0.2, 0.25) is 0 Å². The number of benzene rings is 2. The van der Waals surface area contributed by atoms with Gasteiger partial charge in [0, 0.05) is 18.4 Å². The monoisotopic (exact) mass is 284 g/mol. The third kappa shape index (κ3) is 3.58. The second kappa shape index (κ2) is 6.06. The largest absolute Gasteiger partial charge is 0.332 e. The highest BCUT2D eigenvalue weighted by atomic mass is 32.1. The number of rotatable bonds is 2. The average molecular weight is 284 g/mol. The topological polar surface area (TPSA) is 15.3 Å². The van der Waals surface area contributed by atoms with Gasteiger partial charge in [-0.2, -0.15) is 0 Å². The summed E-state index contributed by atoms with van der Waals surface area (Å²) in [6.45, 7) is 6.26. The molecule has 2 aromatic rings. The van der Waals surface area contributed by atoms with Crippen LogP contribution in [-0.2, 0) is 0 Å². The van der Waals surface area contributed by atoms with Crippen LogP contribution in [0.15, 0.2) is 42.5 Å². The second-order valence-corrected chi connectivity index (χ2v) is 5.59. The van der Waals surface area contributed by atoms with Crippen LogP contribution in [0, 0.1) is 20.8 Å². The number of nitrogens with one attached hydrogen (secondary N) is 1. The highest BCUT2D eigenvalue weighted by Crippen LogP contribution is 2.18. The summed E-state index contributed by atoms with van der Waals surface area (Å²) >= 11 is 5.49. The molecule has 0 atom stereocenters. The van der Waals surface area contributed by atoms with Crippen LogP contribution < -0.4 is 10.2 Å². The molecule has 0 aliphatic heterocycles. The summed E-state index contributed by atoms with van der Waals surface area (Å²) in [6, 6.07) is 14.7. The Bertz CT molecular complexity index is 614. The van der Waals surface area contributed by atoms with Crippen molar-refractivity contribution in [2.45, 2.75) is 20.8 Å². The molecule has 0 aromatic heterocycles. The Balaban J connectivity index is 2.15. The lowest BCUT2D eigenvalue weighted by Gasteiger charge is -2.22. The summed E-state index contributed by atoms with van der Waals surface area (Å²) in [6.07, 6.45) is 0. The highest BCUT2D eigenvalue weighted by molar-refractivity contribution is 7.80. The minimum atomic E-state index is 0.695. The average Bonchev–Trinajstić information content (AvgIpc) is 2.36. The minimum Gasteiger partial charge on any atom is -0.332 e. The van der Waals surface area contributed by atoms with Crippen LogP contribution >= 0.6 is 12.2 Å². The Labute approximate surface area is 126 Å². The molecule has 0 radical (unpaired) electrons. The van der Waals surface area contributed by atoms with Gasteiger partial charge in [0.1, 0.15) is 0 Å². The molecule has 0 heterocycles. The van der Waals surface area contributed by atoms with E-state index >= 15 is 0 Å². The first-order chi connectivity index (χ1) is 9.45. The maximum Gasteiger partial charge on any atom is 0.177 e. The normalized spacial score (nSPS) is 10.2. The molecule has 0 aliphatic carbocycles. The fourth-order valence-electron chi connectivity index (χ4n) is 2.21. The van der Waals surface area contributed by atoms with Crippen molar-refractivity contribution in [1.82, 2.24) is 0 Å². The summed E-state index contributed by atoms with van der Waals surface area (Å²) in [5, 5.41) is 3.99. The first kappa shape index (κ1) is 14.5. The molecule has 0 bridgehead atoms. The molecule has 2 nitrogen and oxygen atoms in total. The van der Waals surface area contributed by atoms with Crippen molar-refractivity contribution in [3.63, 3.8) is 0 Å². The molecule has 2 aromatic carbocycles. The maximum absolute atomic E-state index is 5.49. The van der Waals surface area contributed by atoms with Crippen molar-refractivity contribution >= 4 is 28.7 Å². The van der Waals surface area contributed by atoms with Gasteiger partial charge >= 0.3 is 0 Å². The lowest BCUT2D eigenvalue weighted by molar-refractivity contribution is 1.26. The number of anilines is 2. The van der Waals surface area contributed by atoms with Gasteiger partial charge < -0.3 is 10.2 Å². The zero-order chi connectivity index (χ0) is 14.7. The standard InChI is InChI=1S/C17H20N2S/c1-12-6-5-7-16(11-12)19(4)17(20)18-15-9-13(2)8-14(3)10-15/h5-11H,1-4H3,(H,18,20). The van der Waals surface area contributed by atoms with Crippen molar-refractivity contribution in [3.8, 4) is 0 Å². The van der Waals surface area contributed by atoms with Crippen molar-refractivity contribution < 1.29 is 0 Å². The number of hydrogen-bond acceptors (Lipinski definition) is 1. The van der Waals surface area contributed by atoms with E-state index in [1.165, 1.54) is 16.7 Å². The van der Waals surface area contributed by atoms with Crippen molar-refractivity contribution in [2.75, 3.05) is 17.3 Å². The van der Waals surface area contributed by atoms with Crippen LogP contribution in [-0.4, -0.2) is 12.2 Å². The van der Waals surface area contributed by atoms with Gasteiger partial charge in [-0.25, -0.2) is 0 Å². The van der Waals surface area contributed by atoms with E-state index in [2.05, 4.69) is 62.5 Å². The predicted molar refractivity (Wildman–Crippen MR) is 91.7 cm³/mol. The number of nitrogens with zero attached hydrogens (tertiary/aromatic N) is 1. The summed E-state index contributed by atoms with van der Waals surface area (Å²) < 4.78 is 0. The first-order valence-electron chi connectivity index (χ1n) is 6.65. The van der Waals surface area contributed by atoms with Gasteiger partial charge in [-0.1, -0.05) is 18.2 Å². The van der Waals surface area contributed by atoms with Crippen LogP contribution in [0.1, 0.15) is 16.7 Å². The van der Waals surface area contributed by atoms with E-state index in [4.69, 9.17) is 12.2 Å². The van der Waals surface area contributed by atoms with Gasteiger partial charge in [-0.15, -0.1) is 0 Å². The smallest absolute Gasteiger partial charge is 0.177 e. The second-order valence-electron chi connectivity index (χ2n) is 5.20. The SMILES string of the molecule is Cc1cc(C)cc(NC(=S)N(C)c2cccc(C)c2)c1. The number of thiocarbonyl (C=S) groups is 1. The van der Waals surface area contributed by atoms with Gasteiger partial charge in [0.05, 0.1) is 0 Å². The fourth-order valence-corrected chi connectivity index (χ4v) is 2.43. The molecule has 0 saturated carbocycles. The minimum absolute atomic E-state index is 0.695. The maximum atomic E-state index is 5.49. The lowest BCUT2D eigenvalue weighted by atomic mass is 10.1. The number of hydrogen-bond donors (Lipinski definition) is 1. The molecule has 0 spiro atoms. The molecule has 0 unspecified atom stereocenters. The molecular weight excluding hydrogens is 264 g/mol. The van der Waals surface area contributed by atoms with Crippen LogP contribution in [0.2, 0.25) is 0 Å². The van der Waals surface area contributed by atoms with Crippen LogP contribution in [0.4, 0.5) is 11.4 Å². The van der Waals surface area contributed by atoms with Crippen molar-refractivity contribution in [3.05, 3.63) is 59.2 Å². The molecule has 2 rings (SSSR count). The van der Waals surface area contributed by atoms with Crippen LogP contribution in [0.5, 0.6) is 0 Å². The van der Waals surface area contributed by atoms with E-state index in [1.807, 2.05) is 18.0 Å². The Morgan fingerprint density at radius 1 is 0.950 bits per heavy atom. The van der Waals surface area contributed by atoms with Gasteiger partial charge in [-0.3, -0.25) is 0 Å². The van der Waals surface area contributed by atoms with Gasteiger partial charge in [0.25, 0.3) is 0 Å². The van der Waals surface area contributed by atoms with E-state index in [9.17, 15) is 0 Å². The van der Waals surface area contributed by atoms with Crippen LogP contribution in [0.3, 0.4) is 0 Å². The Morgan fingerprint density at radius 2 is 1.60 bits per heavy atom. The zero-order valence-corrected chi connectivity index (χ0v) is 13.2. The van der Waals surface area contributed by atoms with E-state index < -0.39 is 0 Å². The van der Waals surface area contributed by atoms with Gasteiger partial charge in [-0.05, 0) is 73.9 Å². The highest BCUT2D eigenvalue weighted by Gasteiger charge is 2.07. The molecular formula is C17H20N2S. The van der Waals surface area contributed by atoms with E-state index in [0.717, 1.165) is 11.4 Å². The Morgan fingerprint density at radius 3 is 2.20 bits per heavy atom. The quantitative estimate of drug-likeness (QED) is 0.820. The van der Waals surface area contributed by atoms with Crippen LogP contribution in [0.25, 0.3) is 0 Å². The molecule has 3 heteroatoms. The fraction of sp³-hybridized carbons (Fsp3) is 0.235. The van der Waals surface area contributed by atoms with E-state index in [1.54, 1.807) is 0 Å². The van der Waals surface area contributed by atoms with E-state index in [-0.39, 0.29) is 0 Å². The summed E-state index contributed by atoms with van der Waals surface area (Å²) in [5.41, 5.74) is 5.81. The third-order valence-corrected chi connectivity index (χ3v) is 3.54. The molecule has 0 amide bonds. The molecule has 0 aliphatic rings. The lowest BCUT2D eigenvalue weighted by Crippen LogP contribution is -2.30. The summed E-state index contributed by atoms with van der Waals surface area (Å²) in [5.74, 6) is 0. The first-order valence-corrected chi connectivity index (χ1v) is 7.06. The van der Waals surface area contributed by atoms with Crippen molar-refractivity contribution in [1.29, 1.82) is 0 Å². The Kier molecular flexibility index (Phi) is 4.40. The predicted octanol–water partition coefficient (Wildman–Crippen LogP) is 4.45. The molecule has 20 heavy (non-hydrogen) atoms. The molecule has 1 N–H and O–H groups in total. The summed E-state index contributed by atoms with van der Waals surface area (Å²) in [4.78, 5) is 1.99. The third-order valence-electron chi connectivity index (χ3n) is 3.17. The Hall–Kier alpha value is -1.87. The van der Waals surface area contributed by atoms with Gasteiger partial charge in [0.15, 0.2) is 5.11 Å². The molecule has 0 saturated heterocycles. The van der Waals surface area contributed by atoms with E-state index in [0.29, 0.717) is 5.11 Å². The van der Waals surface area contributed by atoms with Crippen molar-refractivity contribution in [2.24, 2.45) is 0 Å². The zero-order valence-electron chi connectivity index (χ0n) is 12.4. The summed E-state index contributed by atoms with van der Waals surface area (Å²) in [7, 11) is 1.98. The molecule has 104 valence electrons. The number of aryl methyl sites for hydroxylation is 3.